The van der Waals surface area contributed by atoms with Crippen molar-refractivity contribution in [3.63, 3.8) is 0 Å². The lowest BCUT2D eigenvalue weighted by Crippen LogP contribution is -2.40. The topological polar surface area (TPSA) is 65.2 Å². The summed E-state index contributed by atoms with van der Waals surface area (Å²) < 4.78 is 52.1. The summed E-state index contributed by atoms with van der Waals surface area (Å²) in [6, 6.07) is 9.84. The molecule has 1 aliphatic carbocycles. The van der Waals surface area contributed by atoms with E-state index < -0.39 is 17.8 Å². The maximum absolute atomic E-state index is 14.8. The fourth-order valence-corrected chi connectivity index (χ4v) is 6.37. The van der Waals surface area contributed by atoms with Crippen molar-refractivity contribution in [1.82, 2.24) is 19.3 Å². The largest absolute Gasteiger partial charge is 0.494 e. The molecule has 6 rings (SSSR count). The van der Waals surface area contributed by atoms with Crippen molar-refractivity contribution in [2.45, 2.75) is 69.9 Å². The minimum Gasteiger partial charge on any atom is -0.494 e. The number of hydrogen-bond donors (Lipinski definition) is 0. The molecule has 2 fully saturated rings. The number of aryl methyl sites for hydroxylation is 2. The normalized spacial score (nSPS) is 19.9. The van der Waals surface area contributed by atoms with Gasteiger partial charge in [-0.3, -0.25) is 9.48 Å². The molecule has 1 saturated carbocycles. The van der Waals surface area contributed by atoms with Gasteiger partial charge in [0.25, 0.3) is 0 Å². The number of nitrogens with zero attached hydrogens (tertiary/aromatic N) is 5. The van der Waals surface area contributed by atoms with Crippen LogP contribution in [0.5, 0.6) is 5.75 Å². The first kappa shape index (κ1) is 26.4. The van der Waals surface area contributed by atoms with Crippen molar-refractivity contribution in [3.8, 4) is 17.0 Å². The number of alkyl halides is 2. The SMILES string of the molecule is COc1ccc(N2C(=O)CCCC2c2nc3cc(-c4c(C)cnn4C)ccc3n2C2CCC(F)(F)CC2)cc1F. The van der Waals surface area contributed by atoms with Crippen LogP contribution >= 0.6 is 0 Å². The second-order valence-corrected chi connectivity index (χ2v) is 10.9. The Morgan fingerprint density at radius 1 is 1.07 bits per heavy atom. The number of rotatable bonds is 5. The average molecular weight is 552 g/mol. The van der Waals surface area contributed by atoms with Crippen molar-refractivity contribution in [2.24, 2.45) is 7.05 Å². The molecule has 2 aliphatic rings. The van der Waals surface area contributed by atoms with E-state index in [4.69, 9.17) is 9.72 Å². The standard InChI is InChI=1S/C30H32F3N5O2/c1-18-17-34-36(2)28(18)19-7-9-24-23(15-19)35-29(38(24)20-11-13-30(32,33)14-12-20)25-5-4-6-27(39)37(25)21-8-10-26(40-3)22(31)16-21/h7-10,15-17,20,25H,4-6,11-14H2,1-3H3. The maximum Gasteiger partial charge on any atom is 0.248 e. The van der Waals surface area contributed by atoms with Gasteiger partial charge < -0.3 is 14.2 Å². The van der Waals surface area contributed by atoms with Crippen LogP contribution in [0, 0.1) is 12.7 Å². The van der Waals surface area contributed by atoms with E-state index in [2.05, 4.69) is 9.67 Å². The first-order valence-electron chi connectivity index (χ1n) is 13.7. The first-order chi connectivity index (χ1) is 19.2. The summed E-state index contributed by atoms with van der Waals surface area (Å²) in [6.07, 6.45) is 3.66. The first-order valence-corrected chi connectivity index (χ1v) is 13.7. The third-order valence-electron chi connectivity index (χ3n) is 8.32. The van der Waals surface area contributed by atoms with E-state index >= 15 is 0 Å². The Kier molecular flexibility index (Phi) is 6.59. The number of methoxy groups -OCH3 is 1. The Morgan fingerprint density at radius 3 is 2.52 bits per heavy atom. The number of carbonyl (C=O) groups excluding carboxylic acids is 1. The number of aromatic nitrogens is 4. The highest BCUT2D eigenvalue weighted by Crippen LogP contribution is 2.44. The molecule has 4 aromatic rings. The Labute approximate surface area is 230 Å². The van der Waals surface area contributed by atoms with Crippen LogP contribution in [-0.2, 0) is 11.8 Å². The summed E-state index contributed by atoms with van der Waals surface area (Å²) in [4.78, 5) is 20.0. The zero-order valence-electron chi connectivity index (χ0n) is 22.8. The second kappa shape index (κ2) is 9.98. The van der Waals surface area contributed by atoms with Crippen LogP contribution in [0.4, 0.5) is 18.9 Å². The van der Waals surface area contributed by atoms with Gasteiger partial charge in [0.1, 0.15) is 5.82 Å². The van der Waals surface area contributed by atoms with Gasteiger partial charge in [0.2, 0.25) is 11.8 Å². The van der Waals surface area contributed by atoms with Gasteiger partial charge >= 0.3 is 0 Å². The predicted molar refractivity (Wildman–Crippen MR) is 146 cm³/mol. The van der Waals surface area contributed by atoms with Crippen molar-refractivity contribution >= 4 is 22.6 Å². The maximum atomic E-state index is 14.8. The molecule has 40 heavy (non-hydrogen) atoms. The van der Waals surface area contributed by atoms with Gasteiger partial charge in [0.15, 0.2) is 11.6 Å². The van der Waals surface area contributed by atoms with Crippen LogP contribution in [0.15, 0.2) is 42.6 Å². The monoisotopic (exact) mass is 551 g/mol. The van der Waals surface area contributed by atoms with Crippen LogP contribution in [0.3, 0.4) is 0 Å². The Bertz CT molecular complexity index is 1560. The highest BCUT2D eigenvalue weighted by Gasteiger charge is 2.40. The predicted octanol–water partition coefficient (Wildman–Crippen LogP) is 6.90. The lowest BCUT2D eigenvalue weighted by atomic mass is 9.91. The molecule has 1 atom stereocenters. The van der Waals surface area contributed by atoms with E-state index in [1.54, 1.807) is 11.0 Å². The Morgan fingerprint density at radius 2 is 1.85 bits per heavy atom. The zero-order valence-corrected chi connectivity index (χ0v) is 22.8. The third-order valence-corrected chi connectivity index (χ3v) is 8.32. The van der Waals surface area contributed by atoms with Crippen molar-refractivity contribution in [3.05, 3.63) is 59.8 Å². The summed E-state index contributed by atoms with van der Waals surface area (Å²) in [5.41, 5.74) is 4.94. The molecular formula is C30H32F3N5O2. The molecule has 0 radical (unpaired) electrons. The molecule has 3 heterocycles. The van der Waals surface area contributed by atoms with Gasteiger partial charge in [-0.05, 0) is 62.4 Å². The zero-order chi connectivity index (χ0) is 28.2. The number of carbonyl (C=O) groups is 1. The third kappa shape index (κ3) is 4.53. The van der Waals surface area contributed by atoms with Crippen LogP contribution in [-0.4, -0.2) is 38.3 Å². The number of hydrogen-bond acceptors (Lipinski definition) is 4. The lowest BCUT2D eigenvalue weighted by molar-refractivity contribution is -0.120. The highest BCUT2D eigenvalue weighted by molar-refractivity contribution is 5.95. The van der Waals surface area contributed by atoms with Gasteiger partial charge in [0, 0.05) is 49.7 Å². The molecule has 7 nitrogen and oxygen atoms in total. The van der Waals surface area contributed by atoms with E-state index in [1.165, 1.54) is 19.2 Å². The van der Waals surface area contributed by atoms with Gasteiger partial charge in [-0.1, -0.05) is 6.07 Å². The quantitative estimate of drug-likeness (QED) is 0.271. The molecule has 0 bridgehead atoms. The number of piperidine rings is 1. The summed E-state index contributed by atoms with van der Waals surface area (Å²) in [5.74, 6) is -2.62. The Balaban J connectivity index is 1.50. The van der Waals surface area contributed by atoms with E-state index in [1.807, 2.05) is 43.0 Å². The molecular weight excluding hydrogens is 519 g/mol. The number of anilines is 1. The summed E-state index contributed by atoms with van der Waals surface area (Å²) in [5, 5.41) is 4.36. The van der Waals surface area contributed by atoms with Crippen molar-refractivity contribution < 1.29 is 22.7 Å². The molecule has 1 unspecified atom stereocenters. The molecule has 0 N–H and O–H groups in total. The van der Waals surface area contributed by atoms with Gasteiger partial charge in [-0.25, -0.2) is 18.2 Å². The van der Waals surface area contributed by atoms with E-state index in [-0.39, 0.29) is 30.5 Å². The summed E-state index contributed by atoms with van der Waals surface area (Å²) in [7, 11) is 3.28. The van der Waals surface area contributed by atoms with Gasteiger partial charge in [-0.2, -0.15) is 5.10 Å². The molecule has 2 aromatic carbocycles. The van der Waals surface area contributed by atoms with Crippen LogP contribution in [0.2, 0.25) is 0 Å². The number of halogens is 3. The summed E-state index contributed by atoms with van der Waals surface area (Å²) in [6.45, 7) is 2.00. The molecule has 0 spiro atoms. The van der Waals surface area contributed by atoms with Gasteiger partial charge in [0.05, 0.1) is 36.1 Å². The molecule has 1 amide bonds. The number of imidazole rings is 1. The number of benzene rings is 2. The average Bonchev–Trinajstić information content (AvgIpc) is 3.47. The second-order valence-electron chi connectivity index (χ2n) is 10.9. The number of fused-ring (bicyclic) bond motifs is 1. The Hall–Kier alpha value is -3.82. The molecule has 1 saturated heterocycles. The van der Waals surface area contributed by atoms with E-state index in [9.17, 15) is 18.0 Å². The number of amides is 1. The van der Waals surface area contributed by atoms with E-state index in [0.717, 1.165) is 27.9 Å². The van der Waals surface area contributed by atoms with Crippen molar-refractivity contribution in [1.29, 1.82) is 0 Å². The minimum absolute atomic E-state index is 0.0955. The molecule has 2 aromatic heterocycles. The molecule has 10 heteroatoms. The van der Waals surface area contributed by atoms with Gasteiger partial charge in [-0.15, -0.1) is 0 Å². The smallest absolute Gasteiger partial charge is 0.248 e. The van der Waals surface area contributed by atoms with Crippen LogP contribution in [0.25, 0.3) is 22.3 Å². The highest BCUT2D eigenvalue weighted by atomic mass is 19.3. The minimum atomic E-state index is -2.68. The van der Waals surface area contributed by atoms with Crippen LogP contribution in [0.1, 0.15) is 68.4 Å². The summed E-state index contributed by atoms with van der Waals surface area (Å²) >= 11 is 0. The van der Waals surface area contributed by atoms with Crippen LogP contribution < -0.4 is 9.64 Å². The van der Waals surface area contributed by atoms with Crippen molar-refractivity contribution in [2.75, 3.05) is 12.0 Å². The van der Waals surface area contributed by atoms with E-state index in [0.29, 0.717) is 43.6 Å². The lowest BCUT2D eigenvalue weighted by Gasteiger charge is -2.37. The number of ether oxygens (including phenoxy) is 1. The fraction of sp³-hybridized carbons (Fsp3) is 0.433. The fourth-order valence-electron chi connectivity index (χ4n) is 6.37. The molecule has 1 aliphatic heterocycles. The molecule has 210 valence electrons.